The number of likely N-dealkylation sites (N-methyl/N-ethyl adjacent to an activating group) is 1. The summed E-state index contributed by atoms with van der Waals surface area (Å²) in [6, 6.07) is 5.60. The zero-order chi connectivity index (χ0) is 11.4. The predicted octanol–water partition coefficient (Wildman–Crippen LogP) is 1.08. The summed E-state index contributed by atoms with van der Waals surface area (Å²) in [6.45, 7) is 2.26. The first kappa shape index (κ1) is 11.4. The molecule has 82 valence electrons. The molecule has 3 N–H and O–H groups in total. The Morgan fingerprint density at radius 1 is 1.47 bits per heavy atom. The van der Waals surface area contributed by atoms with Gasteiger partial charge in [-0.15, -0.1) is 0 Å². The fourth-order valence-corrected chi connectivity index (χ4v) is 1.16. The maximum Gasteiger partial charge on any atom is 0.241 e. The summed E-state index contributed by atoms with van der Waals surface area (Å²) < 4.78 is 0. The van der Waals surface area contributed by atoms with Crippen molar-refractivity contribution in [3.05, 3.63) is 23.8 Å². The normalized spacial score (nSPS) is 9.80. The summed E-state index contributed by atoms with van der Waals surface area (Å²) in [4.78, 5) is 12.9. The average Bonchev–Trinajstić information content (AvgIpc) is 2.18. The van der Waals surface area contributed by atoms with E-state index in [1.807, 2.05) is 25.1 Å². The Morgan fingerprint density at radius 2 is 2.13 bits per heavy atom. The lowest BCUT2D eigenvalue weighted by Crippen LogP contribution is -2.28. The molecule has 0 radical (unpaired) electrons. The molecule has 0 unspecified atom stereocenters. The number of aryl methyl sites for hydroxylation is 1. The van der Waals surface area contributed by atoms with E-state index in [-0.39, 0.29) is 12.5 Å². The average molecular weight is 207 g/mol. The van der Waals surface area contributed by atoms with Crippen molar-refractivity contribution in [2.24, 2.45) is 0 Å². The first-order valence-corrected chi connectivity index (χ1v) is 4.81. The van der Waals surface area contributed by atoms with Crippen molar-refractivity contribution < 1.29 is 4.79 Å². The molecule has 1 rings (SSSR count). The van der Waals surface area contributed by atoms with Gasteiger partial charge in [0.25, 0.3) is 0 Å². The second-order valence-corrected chi connectivity index (χ2v) is 3.72. The van der Waals surface area contributed by atoms with Crippen LogP contribution in [0.4, 0.5) is 11.4 Å². The Labute approximate surface area is 90.1 Å². The fourth-order valence-electron chi connectivity index (χ4n) is 1.16. The van der Waals surface area contributed by atoms with Gasteiger partial charge in [0.15, 0.2) is 0 Å². The second-order valence-electron chi connectivity index (χ2n) is 3.72. The van der Waals surface area contributed by atoms with Crippen LogP contribution in [0.5, 0.6) is 0 Å². The molecule has 0 spiro atoms. The van der Waals surface area contributed by atoms with E-state index in [0.29, 0.717) is 5.69 Å². The Kier molecular flexibility index (Phi) is 3.55. The molecule has 4 heteroatoms. The number of nitrogens with one attached hydrogen (secondary N) is 1. The number of amides is 1. The monoisotopic (exact) mass is 207 g/mol. The Bertz CT molecular complexity index is 361. The Balaban J connectivity index is 2.65. The minimum Gasteiger partial charge on any atom is -0.399 e. The quantitative estimate of drug-likeness (QED) is 0.729. The van der Waals surface area contributed by atoms with Gasteiger partial charge in [0, 0.05) is 25.5 Å². The zero-order valence-corrected chi connectivity index (χ0v) is 9.37. The minimum absolute atomic E-state index is 0.0387. The van der Waals surface area contributed by atoms with Crippen molar-refractivity contribution in [2.45, 2.75) is 6.92 Å². The van der Waals surface area contributed by atoms with Crippen molar-refractivity contribution >= 4 is 17.3 Å². The zero-order valence-electron chi connectivity index (χ0n) is 9.37. The summed E-state index contributed by atoms with van der Waals surface area (Å²) in [7, 11) is 3.46. The molecule has 0 bridgehead atoms. The first-order valence-electron chi connectivity index (χ1n) is 4.81. The fraction of sp³-hybridized carbons (Fsp3) is 0.364. The standard InChI is InChI=1S/C11H17N3O/c1-8-4-5-9(12)6-10(8)13-7-11(15)14(2)3/h4-6,13H,7,12H2,1-3H3. The van der Waals surface area contributed by atoms with Gasteiger partial charge < -0.3 is 16.0 Å². The molecule has 0 aliphatic heterocycles. The highest BCUT2D eigenvalue weighted by molar-refractivity contribution is 5.80. The largest absolute Gasteiger partial charge is 0.399 e. The van der Waals surface area contributed by atoms with Crippen LogP contribution in [0, 0.1) is 6.92 Å². The first-order chi connectivity index (χ1) is 7.00. The van der Waals surface area contributed by atoms with Gasteiger partial charge in [0.2, 0.25) is 5.91 Å². The van der Waals surface area contributed by atoms with E-state index in [2.05, 4.69) is 5.32 Å². The van der Waals surface area contributed by atoms with Gasteiger partial charge in [-0.3, -0.25) is 4.79 Å². The second kappa shape index (κ2) is 4.68. The lowest BCUT2D eigenvalue weighted by molar-refractivity contribution is -0.126. The SMILES string of the molecule is Cc1ccc(N)cc1NCC(=O)N(C)C. The third-order valence-corrected chi connectivity index (χ3v) is 2.19. The van der Waals surface area contributed by atoms with Crippen molar-refractivity contribution in [1.82, 2.24) is 4.90 Å². The van der Waals surface area contributed by atoms with Crippen LogP contribution >= 0.6 is 0 Å². The lowest BCUT2D eigenvalue weighted by atomic mass is 10.2. The van der Waals surface area contributed by atoms with E-state index in [9.17, 15) is 4.79 Å². The van der Waals surface area contributed by atoms with E-state index in [1.54, 1.807) is 19.0 Å². The summed E-state index contributed by atoms with van der Waals surface area (Å²) >= 11 is 0. The number of carbonyl (C=O) groups is 1. The van der Waals surface area contributed by atoms with Crippen LogP contribution in [0.2, 0.25) is 0 Å². The number of carbonyl (C=O) groups excluding carboxylic acids is 1. The van der Waals surface area contributed by atoms with Crippen LogP contribution in [0.15, 0.2) is 18.2 Å². The number of benzene rings is 1. The smallest absolute Gasteiger partial charge is 0.241 e. The molecule has 0 saturated carbocycles. The number of hydrogen-bond acceptors (Lipinski definition) is 3. The van der Waals surface area contributed by atoms with Crippen molar-refractivity contribution in [2.75, 3.05) is 31.7 Å². The summed E-state index contributed by atoms with van der Waals surface area (Å²) in [5.41, 5.74) is 8.34. The molecule has 0 heterocycles. The van der Waals surface area contributed by atoms with Gasteiger partial charge in [0.05, 0.1) is 6.54 Å². The maximum absolute atomic E-state index is 11.3. The molecule has 1 amide bonds. The van der Waals surface area contributed by atoms with E-state index in [1.165, 1.54) is 0 Å². The molecule has 0 aliphatic carbocycles. The molecule has 0 fully saturated rings. The number of anilines is 2. The molecule has 1 aromatic rings. The summed E-state index contributed by atoms with van der Waals surface area (Å²) in [5, 5.41) is 3.06. The highest BCUT2D eigenvalue weighted by Gasteiger charge is 2.04. The minimum atomic E-state index is 0.0387. The van der Waals surface area contributed by atoms with Gasteiger partial charge in [-0.2, -0.15) is 0 Å². The van der Waals surface area contributed by atoms with Crippen LogP contribution in [-0.2, 0) is 4.79 Å². The van der Waals surface area contributed by atoms with Crippen LogP contribution in [-0.4, -0.2) is 31.4 Å². The van der Waals surface area contributed by atoms with Gasteiger partial charge in [0.1, 0.15) is 0 Å². The Hall–Kier alpha value is -1.71. The summed E-state index contributed by atoms with van der Waals surface area (Å²) in [6.07, 6.45) is 0. The molecule has 15 heavy (non-hydrogen) atoms. The molecule has 0 aliphatic rings. The number of nitrogen functional groups attached to an aromatic ring is 1. The van der Waals surface area contributed by atoms with Gasteiger partial charge >= 0.3 is 0 Å². The van der Waals surface area contributed by atoms with E-state index >= 15 is 0 Å². The lowest BCUT2D eigenvalue weighted by Gasteiger charge is -2.13. The molecule has 4 nitrogen and oxygen atoms in total. The van der Waals surface area contributed by atoms with Gasteiger partial charge in [-0.25, -0.2) is 0 Å². The van der Waals surface area contributed by atoms with Gasteiger partial charge in [-0.1, -0.05) is 6.07 Å². The molecule has 1 aromatic carbocycles. The van der Waals surface area contributed by atoms with Gasteiger partial charge in [-0.05, 0) is 24.6 Å². The van der Waals surface area contributed by atoms with Crippen molar-refractivity contribution in [3.8, 4) is 0 Å². The topological polar surface area (TPSA) is 58.4 Å². The van der Waals surface area contributed by atoms with E-state index in [4.69, 9.17) is 5.73 Å². The molecule has 0 aromatic heterocycles. The van der Waals surface area contributed by atoms with E-state index in [0.717, 1.165) is 11.3 Å². The third kappa shape index (κ3) is 3.16. The summed E-state index contributed by atoms with van der Waals surface area (Å²) in [5.74, 6) is 0.0387. The predicted molar refractivity (Wildman–Crippen MR) is 62.8 cm³/mol. The Morgan fingerprint density at radius 3 is 2.73 bits per heavy atom. The van der Waals surface area contributed by atoms with Crippen molar-refractivity contribution in [3.63, 3.8) is 0 Å². The van der Waals surface area contributed by atoms with E-state index < -0.39 is 0 Å². The van der Waals surface area contributed by atoms with Crippen LogP contribution in [0.1, 0.15) is 5.56 Å². The number of hydrogen-bond donors (Lipinski definition) is 2. The number of nitrogens with zero attached hydrogens (tertiary/aromatic N) is 1. The third-order valence-electron chi connectivity index (χ3n) is 2.19. The van der Waals surface area contributed by atoms with Crippen LogP contribution in [0.3, 0.4) is 0 Å². The maximum atomic E-state index is 11.3. The molecule has 0 atom stereocenters. The number of nitrogens with two attached hydrogens (primary N) is 1. The molecule has 0 saturated heterocycles. The van der Waals surface area contributed by atoms with Crippen molar-refractivity contribution in [1.29, 1.82) is 0 Å². The highest BCUT2D eigenvalue weighted by Crippen LogP contribution is 2.17. The highest BCUT2D eigenvalue weighted by atomic mass is 16.2. The molecular weight excluding hydrogens is 190 g/mol. The number of rotatable bonds is 3. The molecular formula is C11H17N3O. The van der Waals surface area contributed by atoms with Crippen LogP contribution < -0.4 is 11.1 Å². The van der Waals surface area contributed by atoms with Crippen LogP contribution in [0.25, 0.3) is 0 Å².